The van der Waals surface area contributed by atoms with Gasteiger partial charge in [0.2, 0.25) is 0 Å². The Hall–Kier alpha value is -0.730. The van der Waals surface area contributed by atoms with Crippen LogP contribution in [0.1, 0.15) is 37.8 Å². The molecular formula is C13H19ClO2. The van der Waals surface area contributed by atoms with Gasteiger partial charge in [-0.1, -0.05) is 25.4 Å². The fourth-order valence-corrected chi connectivity index (χ4v) is 2.06. The standard InChI is InChI=1S/C13H19ClO2/c1-8(2)11-7-13(16-4)12(14)6-10(11)5-9(3)15/h6-9,15H,5H2,1-4H3. The molecule has 0 aliphatic carbocycles. The SMILES string of the molecule is COc1cc(C(C)C)c(CC(C)O)cc1Cl. The number of benzene rings is 1. The molecule has 90 valence electrons. The van der Waals surface area contributed by atoms with E-state index in [1.54, 1.807) is 14.0 Å². The number of ether oxygens (including phenoxy) is 1. The van der Waals surface area contributed by atoms with Gasteiger partial charge in [-0.05, 0) is 42.5 Å². The summed E-state index contributed by atoms with van der Waals surface area (Å²) in [5.74, 6) is 1.08. The maximum absolute atomic E-state index is 9.46. The Morgan fingerprint density at radius 2 is 1.94 bits per heavy atom. The molecule has 1 aromatic rings. The maximum atomic E-state index is 9.46. The van der Waals surface area contributed by atoms with E-state index in [9.17, 15) is 5.11 Å². The molecule has 0 radical (unpaired) electrons. The van der Waals surface area contributed by atoms with Crippen LogP contribution in [-0.2, 0) is 6.42 Å². The van der Waals surface area contributed by atoms with Crippen molar-refractivity contribution in [2.45, 2.75) is 39.2 Å². The van der Waals surface area contributed by atoms with Crippen LogP contribution in [-0.4, -0.2) is 18.3 Å². The predicted octanol–water partition coefficient (Wildman–Crippen LogP) is 3.40. The molecule has 1 atom stereocenters. The molecule has 0 bridgehead atoms. The number of methoxy groups -OCH3 is 1. The van der Waals surface area contributed by atoms with Crippen molar-refractivity contribution in [3.05, 3.63) is 28.3 Å². The Labute approximate surface area is 102 Å². The Balaban J connectivity index is 3.19. The zero-order chi connectivity index (χ0) is 12.3. The van der Waals surface area contributed by atoms with E-state index >= 15 is 0 Å². The minimum atomic E-state index is -0.359. The van der Waals surface area contributed by atoms with Gasteiger partial charge < -0.3 is 9.84 Å². The number of aliphatic hydroxyl groups excluding tert-OH is 1. The van der Waals surface area contributed by atoms with Crippen LogP contribution < -0.4 is 4.74 Å². The monoisotopic (exact) mass is 242 g/mol. The molecule has 0 aromatic heterocycles. The lowest BCUT2D eigenvalue weighted by Crippen LogP contribution is -2.08. The van der Waals surface area contributed by atoms with Gasteiger partial charge in [-0.25, -0.2) is 0 Å². The van der Waals surface area contributed by atoms with Gasteiger partial charge in [0.05, 0.1) is 18.2 Å². The Kier molecular flexibility index (Phi) is 4.63. The summed E-state index contributed by atoms with van der Waals surface area (Å²) < 4.78 is 5.20. The van der Waals surface area contributed by atoms with Crippen LogP contribution in [0.4, 0.5) is 0 Å². The van der Waals surface area contributed by atoms with Crippen LogP contribution in [0.3, 0.4) is 0 Å². The van der Waals surface area contributed by atoms with Gasteiger partial charge >= 0.3 is 0 Å². The smallest absolute Gasteiger partial charge is 0.137 e. The van der Waals surface area contributed by atoms with Crippen molar-refractivity contribution >= 4 is 11.6 Å². The van der Waals surface area contributed by atoms with Crippen molar-refractivity contribution < 1.29 is 9.84 Å². The third-order valence-corrected chi connectivity index (χ3v) is 2.85. The molecule has 1 rings (SSSR count). The number of rotatable bonds is 4. The zero-order valence-electron chi connectivity index (χ0n) is 10.2. The largest absolute Gasteiger partial charge is 0.495 e. The number of hydrogen-bond donors (Lipinski definition) is 1. The topological polar surface area (TPSA) is 29.5 Å². The van der Waals surface area contributed by atoms with E-state index < -0.39 is 0 Å². The van der Waals surface area contributed by atoms with E-state index in [1.807, 2.05) is 12.1 Å². The molecule has 0 saturated carbocycles. The van der Waals surface area contributed by atoms with Crippen molar-refractivity contribution in [3.63, 3.8) is 0 Å². The second kappa shape index (κ2) is 5.55. The van der Waals surface area contributed by atoms with Crippen molar-refractivity contribution in [2.24, 2.45) is 0 Å². The fraction of sp³-hybridized carbons (Fsp3) is 0.538. The van der Waals surface area contributed by atoms with Crippen molar-refractivity contribution in [3.8, 4) is 5.75 Å². The highest BCUT2D eigenvalue weighted by Gasteiger charge is 2.13. The Morgan fingerprint density at radius 1 is 1.31 bits per heavy atom. The van der Waals surface area contributed by atoms with Crippen LogP contribution >= 0.6 is 11.6 Å². The molecule has 0 heterocycles. The molecule has 0 saturated heterocycles. The van der Waals surface area contributed by atoms with Crippen LogP contribution in [0.15, 0.2) is 12.1 Å². The van der Waals surface area contributed by atoms with Gasteiger partial charge in [0.25, 0.3) is 0 Å². The third-order valence-electron chi connectivity index (χ3n) is 2.55. The molecule has 1 unspecified atom stereocenters. The highest BCUT2D eigenvalue weighted by atomic mass is 35.5. The van der Waals surface area contributed by atoms with Gasteiger partial charge in [0.15, 0.2) is 0 Å². The van der Waals surface area contributed by atoms with Crippen LogP contribution in [0.2, 0.25) is 5.02 Å². The normalized spacial score (nSPS) is 12.9. The molecule has 0 spiro atoms. The average molecular weight is 243 g/mol. The molecule has 0 amide bonds. The van der Waals surface area contributed by atoms with Crippen LogP contribution in [0.5, 0.6) is 5.75 Å². The van der Waals surface area contributed by atoms with Gasteiger partial charge in [0.1, 0.15) is 5.75 Å². The van der Waals surface area contributed by atoms with Gasteiger partial charge in [-0.2, -0.15) is 0 Å². The van der Waals surface area contributed by atoms with E-state index in [1.165, 1.54) is 5.56 Å². The lowest BCUT2D eigenvalue weighted by atomic mass is 9.93. The van der Waals surface area contributed by atoms with E-state index in [2.05, 4.69) is 13.8 Å². The second-order valence-corrected chi connectivity index (χ2v) is 4.80. The van der Waals surface area contributed by atoms with Gasteiger partial charge in [-0.15, -0.1) is 0 Å². The zero-order valence-corrected chi connectivity index (χ0v) is 11.0. The van der Waals surface area contributed by atoms with E-state index in [-0.39, 0.29) is 6.10 Å². The minimum Gasteiger partial charge on any atom is -0.495 e. The molecule has 1 aromatic carbocycles. The first kappa shape index (κ1) is 13.3. The lowest BCUT2D eigenvalue weighted by molar-refractivity contribution is 0.195. The van der Waals surface area contributed by atoms with Gasteiger partial charge in [0, 0.05) is 0 Å². The number of hydrogen-bond acceptors (Lipinski definition) is 2. The summed E-state index contributed by atoms with van der Waals surface area (Å²) in [4.78, 5) is 0. The first-order valence-corrected chi connectivity index (χ1v) is 5.87. The summed E-state index contributed by atoms with van der Waals surface area (Å²) in [6.45, 7) is 6.02. The summed E-state index contributed by atoms with van der Waals surface area (Å²) >= 11 is 6.08. The van der Waals surface area contributed by atoms with E-state index in [0.29, 0.717) is 23.1 Å². The predicted molar refractivity (Wildman–Crippen MR) is 67.5 cm³/mol. The lowest BCUT2D eigenvalue weighted by Gasteiger charge is -2.16. The van der Waals surface area contributed by atoms with Gasteiger partial charge in [-0.3, -0.25) is 0 Å². The second-order valence-electron chi connectivity index (χ2n) is 4.39. The van der Waals surface area contributed by atoms with E-state index in [0.717, 1.165) is 5.56 Å². The fourth-order valence-electron chi connectivity index (χ4n) is 1.80. The molecule has 1 N–H and O–H groups in total. The van der Waals surface area contributed by atoms with E-state index in [4.69, 9.17) is 16.3 Å². The minimum absolute atomic E-state index is 0.359. The number of aliphatic hydroxyl groups is 1. The summed E-state index contributed by atoms with van der Waals surface area (Å²) in [5, 5.41) is 10.1. The molecular weight excluding hydrogens is 224 g/mol. The maximum Gasteiger partial charge on any atom is 0.137 e. The Morgan fingerprint density at radius 3 is 2.38 bits per heavy atom. The third kappa shape index (κ3) is 3.13. The highest BCUT2D eigenvalue weighted by molar-refractivity contribution is 6.32. The summed E-state index contributed by atoms with van der Waals surface area (Å²) in [7, 11) is 1.61. The van der Waals surface area contributed by atoms with Crippen molar-refractivity contribution in [2.75, 3.05) is 7.11 Å². The first-order valence-electron chi connectivity index (χ1n) is 5.50. The van der Waals surface area contributed by atoms with Crippen LogP contribution in [0, 0.1) is 0 Å². The van der Waals surface area contributed by atoms with Crippen LogP contribution in [0.25, 0.3) is 0 Å². The summed E-state index contributed by atoms with van der Waals surface area (Å²) in [5.41, 5.74) is 2.28. The molecule has 0 aliphatic heterocycles. The first-order chi connectivity index (χ1) is 7.45. The molecule has 2 nitrogen and oxygen atoms in total. The quantitative estimate of drug-likeness (QED) is 0.877. The molecule has 0 fully saturated rings. The summed E-state index contributed by atoms with van der Waals surface area (Å²) in [6, 6.07) is 3.85. The van der Waals surface area contributed by atoms with Crippen molar-refractivity contribution in [1.29, 1.82) is 0 Å². The summed E-state index contributed by atoms with van der Waals surface area (Å²) in [6.07, 6.45) is 0.263. The Bertz CT molecular complexity index is 359. The molecule has 16 heavy (non-hydrogen) atoms. The highest BCUT2D eigenvalue weighted by Crippen LogP contribution is 2.32. The molecule has 3 heteroatoms. The van der Waals surface area contributed by atoms with Crippen molar-refractivity contribution in [1.82, 2.24) is 0 Å². The number of halogens is 1. The average Bonchev–Trinajstić information content (AvgIpc) is 2.16. The molecule has 0 aliphatic rings.